The van der Waals surface area contributed by atoms with Crippen LogP contribution in [0.3, 0.4) is 0 Å². The summed E-state index contributed by atoms with van der Waals surface area (Å²) in [5.41, 5.74) is -0.734. The topological polar surface area (TPSA) is 26.3 Å². The van der Waals surface area contributed by atoms with Crippen LogP contribution in [-0.4, -0.2) is 16.9 Å². The van der Waals surface area contributed by atoms with Crippen LogP contribution in [-0.2, 0) is 9.53 Å². The maximum absolute atomic E-state index is 11.2. The molecule has 0 aliphatic carbocycles. The lowest BCUT2D eigenvalue weighted by molar-refractivity contribution is -0.144. The van der Waals surface area contributed by atoms with Gasteiger partial charge in [-0.3, -0.25) is 0 Å². The van der Waals surface area contributed by atoms with Crippen molar-refractivity contribution >= 4 is 64.0 Å². The summed E-state index contributed by atoms with van der Waals surface area (Å²) in [7, 11) is 0. The fourth-order valence-electron chi connectivity index (χ4n) is 0.468. The normalized spacial score (nSPS) is 14.4. The summed E-state index contributed by atoms with van der Waals surface area (Å²) in [6.07, 6.45) is 0.465. The standard InChI is InChI=1S/C7H7Cl5O2/c1-2-3(8)14-7(13)5(10)4(9)6(11)12/h3,5H,2H2,1H3. The minimum Gasteiger partial charge on any atom is -0.445 e. The fourth-order valence-corrected chi connectivity index (χ4v) is 1.14. The van der Waals surface area contributed by atoms with Gasteiger partial charge >= 0.3 is 5.97 Å². The summed E-state index contributed by atoms with van der Waals surface area (Å²) in [6.45, 7) is 1.75. The highest BCUT2D eigenvalue weighted by molar-refractivity contribution is 6.61. The van der Waals surface area contributed by atoms with E-state index in [1.54, 1.807) is 6.92 Å². The first-order valence-corrected chi connectivity index (χ1v) is 5.60. The summed E-state index contributed by atoms with van der Waals surface area (Å²) in [4.78, 5) is 11.2. The first-order valence-electron chi connectivity index (χ1n) is 3.59. The van der Waals surface area contributed by atoms with Crippen molar-refractivity contribution in [2.24, 2.45) is 0 Å². The second-order valence-corrected chi connectivity index (χ2v) is 4.51. The number of rotatable bonds is 4. The van der Waals surface area contributed by atoms with Gasteiger partial charge in [0.15, 0.2) is 10.9 Å². The van der Waals surface area contributed by atoms with E-state index in [2.05, 4.69) is 0 Å². The molecule has 0 saturated heterocycles. The molecule has 0 aliphatic rings. The second kappa shape index (κ2) is 7.02. The third-order valence-electron chi connectivity index (χ3n) is 1.17. The molecule has 0 aliphatic heterocycles. The van der Waals surface area contributed by atoms with Gasteiger partial charge in [0.1, 0.15) is 4.49 Å². The van der Waals surface area contributed by atoms with E-state index in [0.717, 1.165) is 0 Å². The zero-order chi connectivity index (χ0) is 11.3. The van der Waals surface area contributed by atoms with Crippen LogP contribution in [0, 0.1) is 0 Å². The van der Waals surface area contributed by atoms with Crippen molar-refractivity contribution in [3.63, 3.8) is 0 Å². The van der Waals surface area contributed by atoms with E-state index in [9.17, 15) is 4.79 Å². The van der Waals surface area contributed by atoms with Crippen LogP contribution in [0.2, 0.25) is 0 Å². The molecular formula is C7H7Cl5O2. The molecule has 82 valence electrons. The van der Waals surface area contributed by atoms with Gasteiger partial charge in [-0.25, -0.2) is 4.79 Å². The maximum Gasteiger partial charge on any atom is 0.331 e. The van der Waals surface area contributed by atoms with Crippen LogP contribution in [0.4, 0.5) is 0 Å². The highest BCUT2D eigenvalue weighted by atomic mass is 35.5. The highest BCUT2D eigenvalue weighted by Gasteiger charge is 2.24. The molecule has 0 radical (unpaired) electrons. The molecule has 0 aromatic heterocycles. The Labute approximate surface area is 107 Å². The molecule has 0 aromatic rings. The molecule has 0 fully saturated rings. The molecule has 14 heavy (non-hydrogen) atoms. The minimum atomic E-state index is -1.23. The molecule has 0 aromatic carbocycles. The smallest absolute Gasteiger partial charge is 0.331 e. The average Bonchev–Trinajstić information content (AvgIpc) is 2.14. The average molecular weight is 300 g/mol. The Hall–Kier alpha value is 0.660. The van der Waals surface area contributed by atoms with Crippen molar-refractivity contribution in [3.8, 4) is 0 Å². The maximum atomic E-state index is 11.2. The molecule has 0 amide bonds. The van der Waals surface area contributed by atoms with Crippen LogP contribution in [0.1, 0.15) is 13.3 Å². The van der Waals surface area contributed by atoms with Gasteiger partial charge in [-0.2, -0.15) is 0 Å². The van der Waals surface area contributed by atoms with Crippen LogP contribution < -0.4 is 0 Å². The van der Waals surface area contributed by atoms with Gasteiger partial charge in [-0.15, -0.1) is 11.6 Å². The summed E-state index contributed by atoms with van der Waals surface area (Å²) >= 11 is 27.3. The van der Waals surface area contributed by atoms with Gasteiger partial charge in [-0.1, -0.05) is 53.3 Å². The van der Waals surface area contributed by atoms with Gasteiger partial charge in [0.25, 0.3) is 0 Å². The Balaban J connectivity index is 4.34. The Morgan fingerprint density at radius 3 is 2.14 bits per heavy atom. The molecule has 2 unspecified atom stereocenters. The second-order valence-electron chi connectivity index (χ2n) is 2.23. The van der Waals surface area contributed by atoms with Gasteiger partial charge in [0.05, 0.1) is 5.03 Å². The lowest BCUT2D eigenvalue weighted by Gasteiger charge is -2.12. The largest absolute Gasteiger partial charge is 0.445 e. The number of alkyl halides is 2. The monoisotopic (exact) mass is 298 g/mol. The van der Waals surface area contributed by atoms with Crippen molar-refractivity contribution in [2.45, 2.75) is 24.3 Å². The van der Waals surface area contributed by atoms with Gasteiger partial charge in [0, 0.05) is 0 Å². The summed E-state index contributed by atoms with van der Waals surface area (Å²) in [5, 5.41) is -1.41. The van der Waals surface area contributed by atoms with Gasteiger partial charge in [-0.05, 0) is 6.42 Å². The van der Waals surface area contributed by atoms with Crippen molar-refractivity contribution in [1.29, 1.82) is 0 Å². The molecular weight excluding hydrogens is 293 g/mol. The van der Waals surface area contributed by atoms with Crippen LogP contribution in [0.5, 0.6) is 0 Å². The lowest BCUT2D eigenvalue weighted by atomic mass is 10.4. The van der Waals surface area contributed by atoms with Crippen molar-refractivity contribution < 1.29 is 9.53 Å². The fraction of sp³-hybridized carbons (Fsp3) is 0.571. The molecule has 0 N–H and O–H groups in total. The molecule has 0 rings (SSSR count). The first-order chi connectivity index (χ1) is 6.40. The Bertz CT molecular complexity index is 236. The van der Waals surface area contributed by atoms with E-state index in [4.69, 9.17) is 62.7 Å². The number of esters is 1. The Morgan fingerprint density at radius 2 is 1.79 bits per heavy atom. The van der Waals surface area contributed by atoms with E-state index < -0.39 is 16.9 Å². The van der Waals surface area contributed by atoms with Crippen molar-refractivity contribution in [1.82, 2.24) is 0 Å². The number of carbonyl (C=O) groups is 1. The third kappa shape index (κ3) is 4.94. The zero-order valence-corrected chi connectivity index (χ0v) is 10.8. The Kier molecular flexibility index (Phi) is 7.35. The number of halogens is 5. The van der Waals surface area contributed by atoms with E-state index in [1.165, 1.54) is 0 Å². The summed E-state index contributed by atoms with van der Waals surface area (Å²) in [5.74, 6) is -0.780. The first kappa shape index (κ1) is 14.7. The molecule has 0 heterocycles. The zero-order valence-electron chi connectivity index (χ0n) is 7.07. The van der Waals surface area contributed by atoms with Gasteiger partial charge in [0.2, 0.25) is 0 Å². The summed E-state index contributed by atoms with van der Waals surface area (Å²) < 4.78 is 4.42. The van der Waals surface area contributed by atoms with Crippen LogP contribution in [0.25, 0.3) is 0 Å². The van der Waals surface area contributed by atoms with E-state index in [-0.39, 0.29) is 9.52 Å². The Morgan fingerprint density at radius 1 is 1.29 bits per heavy atom. The predicted octanol–water partition coefficient (Wildman–Crippen LogP) is 4.00. The lowest BCUT2D eigenvalue weighted by Crippen LogP contribution is -2.22. The summed E-state index contributed by atoms with van der Waals surface area (Å²) in [6, 6.07) is 0. The molecule has 0 saturated carbocycles. The van der Waals surface area contributed by atoms with Crippen LogP contribution in [0.15, 0.2) is 9.52 Å². The van der Waals surface area contributed by atoms with E-state index in [1.807, 2.05) is 0 Å². The minimum absolute atomic E-state index is 0.181. The predicted molar refractivity (Wildman–Crippen MR) is 60.3 cm³/mol. The van der Waals surface area contributed by atoms with E-state index in [0.29, 0.717) is 6.42 Å². The number of ether oxygens (including phenoxy) is 1. The molecule has 7 heteroatoms. The molecule has 2 atom stereocenters. The highest BCUT2D eigenvalue weighted by Crippen LogP contribution is 2.25. The SMILES string of the molecule is CCC(Cl)OC(=O)C(Cl)C(Cl)=C(Cl)Cl. The quantitative estimate of drug-likeness (QED) is 0.579. The van der Waals surface area contributed by atoms with Crippen molar-refractivity contribution in [2.75, 3.05) is 0 Å². The van der Waals surface area contributed by atoms with Crippen LogP contribution >= 0.6 is 58.0 Å². The third-order valence-corrected chi connectivity index (χ3v) is 3.09. The van der Waals surface area contributed by atoms with Crippen molar-refractivity contribution in [3.05, 3.63) is 9.52 Å². The molecule has 0 spiro atoms. The molecule has 2 nitrogen and oxygen atoms in total. The number of hydrogen-bond acceptors (Lipinski definition) is 2. The molecule has 0 bridgehead atoms. The van der Waals surface area contributed by atoms with Gasteiger partial charge < -0.3 is 4.74 Å². The number of hydrogen-bond donors (Lipinski definition) is 0. The van der Waals surface area contributed by atoms with E-state index >= 15 is 0 Å². The number of carbonyl (C=O) groups excluding carboxylic acids is 1.